The quantitative estimate of drug-likeness (QED) is 0.801. The Morgan fingerprint density at radius 2 is 1.70 bits per heavy atom. The minimum absolute atomic E-state index is 0.474. The van der Waals surface area contributed by atoms with Crippen molar-refractivity contribution in [1.82, 2.24) is 9.80 Å². The fraction of sp³-hybridized carbons (Fsp3) is 0.700. The van der Waals surface area contributed by atoms with Gasteiger partial charge in [-0.05, 0) is 56.3 Å². The van der Waals surface area contributed by atoms with E-state index < -0.39 is 0 Å². The summed E-state index contributed by atoms with van der Waals surface area (Å²) in [5, 5.41) is 0. The lowest BCUT2D eigenvalue weighted by molar-refractivity contribution is 0.0388. The molecule has 2 fully saturated rings. The van der Waals surface area contributed by atoms with Gasteiger partial charge in [0, 0.05) is 33.3 Å². The van der Waals surface area contributed by atoms with E-state index in [9.17, 15) is 0 Å². The number of benzene rings is 1. The number of piperidine rings is 2. The van der Waals surface area contributed by atoms with E-state index in [1.807, 2.05) is 7.11 Å². The molecule has 0 radical (unpaired) electrons. The lowest BCUT2D eigenvalue weighted by atomic mass is 10.0. The predicted molar refractivity (Wildman–Crippen MR) is 95.7 cm³/mol. The van der Waals surface area contributed by atoms with Crippen LogP contribution in [0.5, 0.6) is 0 Å². The van der Waals surface area contributed by atoms with Crippen molar-refractivity contribution in [3.63, 3.8) is 0 Å². The van der Waals surface area contributed by atoms with Gasteiger partial charge in [-0.3, -0.25) is 4.90 Å². The summed E-state index contributed by atoms with van der Waals surface area (Å²) in [6.07, 6.45) is 8.21. The van der Waals surface area contributed by atoms with Crippen LogP contribution >= 0.6 is 0 Å². The van der Waals surface area contributed by atoms with Crippen molar-refractivity contribution in [2.75, 3.05) is 39.8 Å². The third-order valence-electron chi connectivity index (χ3n) is 5.43. The van der Waals surface area contributed by atoms with Crippen LogP contribution in [0.4, 0.5) is 0 Å². The van der Waals surface area contributed by atoms with E-state index >= 15 is 0 Å². The molecule has 2 aliphatic rings. The first-order valence-corrected chi connectivity index (χ1v) is 9.39. The fourth-order valence-corrected chi connectivity index (χ4v) is 3.92. The van der Waals surface area contributed by atoms with Crippen molar-refractivity contribution < 1.29 is 4.74 Å². The molecule has 2 heterocycles. The van der Waals surface area contributed by atoms with Gasteiger partial charge < -0.3 is 9.64 Å². The standard InChI is InChI=1S/C20H32N2O/c1-23-20-9-14-22(15-10-20)17-19-7-5-6-18(16-19)8-13-21-11-3-2-4-12-21/h5-7,16,20H,2-4,8-15,17H2,1H3. The van der Waals surface area contributed by atoms with Gasteiger partial charge in [0.15, 0.2) is 0 Å². The predicted octanol–water partition coefficient (Wildman–Crippen LogP) is 3.33. The molecular weight excluding hydrogens is 284 g/mol. The highest BCUT2D eigenvalue weighted by atomic mass is 16.5. The third-order valence-corrected chi connectivity index (χ3v) is 5.43. The van der Waals surface area contributed by atoms with Crippen LogP contribution in [0.3, 0.4) is 0 Å². The second-order valence-electron chi connectivity index (χ2n) is 7.18. The molecule has 0 atom stereocenters. The number of ether oxygens (including phenoxy) is 1. The van der Waals surface area contributed by atoms with E-state index in [0.717, 1.165) is 19.6 Å². The van der Waals surface area contributed by atoms with Gasteiger partial charge in [-0.1, -0.05) is 30.7 Å². The van der Waals surface area contributed by atoms with E-state index in [0.29, 0.717) is 6.10 Å². The molecule has 1 aromatic rings. The number of hydrogen-bond acceptors (Lipinski definition) is 3. The van der Waals surface area contributed by atoms with Crippen molar-refractivity contribution in [2.45, 2.75) is 51.2 Å². The molecule has 0 aromatic heterocycles. The zero-order chi connectivity index (χ0) is 15.9. The van der Waals surface area contributed by atoms with Gasteiger partial charge >= 0.3 is 0 Å². The van der Waals surface area contributed by atoms with Gasteiger partial charge in [-0.25, -0.2) is 0 Å². The van der Waals surface area contributed by atoms with Crippen LogP contribution < -0.4 is 0 Å². The summed E-state index contributed by atoms with van der Waals surface area (Å²) >= 11 is 0. The largest absolute Gasteiger partial charge is 0.381 e. The summed E-state index contributed by atoms with van der Waals surface area (Å²) < 4.78 is 5.47. The minimum Gasteiger partial charge on any atom is -0.381 e. The molecule has 23 heavy (non-hydrogen) atoms. The first kappa shape index (κ1) is 16.9. The molecule has 0 aliphatic carbocycles. The molecule has 3 heteroatoms. The lowest BCUT2D eigenvalue weighted by Crippen LogP contribution is -2.36. The maximum absolute atomic E-state index is 5.47. The van der Waals surface area contributed by atoms with Crippen molar-refractivity contribution in [3.05, 3.63) is 35.4 Å². The number of likely N-dealkylation sites (tertiary alicyclic amines) is 2. The Balaban J connectivity index is 1.47. The van der Waals surface area contributed by atoms with E-state index in [-0.39, 0.29) is 0 Å². The molecule has 0 unspecified atom stereocenters. The zero-order valence-electron chi connectivity index (χ0n) is 14.7. The van der Waals surface area contributed by atoms with Crippen molar-refractivity contribution >= 4 is 0 Å². The van der Waals surface area contributed by atoms with Crippen LogP contribution in [-0.4, -0.2) is 55.7 Å². The van der Waals surface area contributed by atoms with Crippen LogP contribution in [0.1, 0.15) is 43.2 Å². The molecule has 0 spiro atoms. The molecule has 3 rings (SSSR count). The van der Waals surface area contributed by atoms with Crippen LogP contribution in [0.25, 0.3) is 0 Å². The summed E-state index contributed by atoms with van der Waals surface area (Å²) in [7, 11) is 1.84. The lowest BCUT2D eigenvalue weighted by Gasteiger charge is -2.31. The monoisotopic (exact) mass is 316 g/mol. The zero-order valence-corrected chi connectivity index (χ0v) is 14.7. The van der Waals surface area contributed by atoms with Crippen molar-refractivity contribution in [2.24, 2.45) is 0 Å². The van der Waals surface area contributed by atoms with Crippen LogP contribution in [0.15, 0.2) is 24.3 Å². The second kappa shape index (κ2) is 8.81. The number of hydrogen-bond donors (Lipinski definition) is 0. The van der Waals surface area contributed by atoms with Gasteiger partial charge in [0.2, 0.25) is 0 Å². The average Bonchev–Trinajstić information content (AvgIpc) is 2.62. The van der Waals surface area contributed by atoms with Gasteiger partial charge in [-0.2, -0.15) is 0 Å². The van der Waals surface area contributed by atoms with Gasteiger partial charge in [0.1, 0.15) is 0 Å². The molecule has 0 N–H and O–H groups in total. The smallest absolute Gasteiger partial charge is 0.0595 e. The molecule has 2 aliphatic heterocycles. The summed E-state index contributed by atoms with van der Waals surface area (Å²) in [5.74, 6) is 0. The molecule has 0 bridgehead atoms. The molecule has 2 saturated heterocycles. The van der Waals surface area contributed by atoms with Gasteiger partial charge in [0.25, 0.3) is 0 Å². The Hall–Kier alpha value is -0.900. The Bertz CT molecular complexity index is 462. The van der Waals surface area contributed by atoms with E-state index in [4.69, 9.17) is 4.74 Å². The van der Waals surface area contributed by atoms with E-state index in [1.165, 1.54) is 69.3 Å². The highest BCUT2D eigenvalue weighted by molar-refractivity contribution is 5.23. The fourth-order valence-electron chi connectivity index (χ4n) is 3.92. The summed E-state index contributed by atoms with van der Waals surface area (Å²) in [5.41, 5.74) is 2.97. The molecule has 128 valence electrons. The van der Waals surface area contributed by atoms with Gasteiger partial charge in [-0.15, -0.1) is 0 Å². The molecule has 1 aromatic carbocycles. The SMILES string of the molecule is COC1CCN(Cc2cccc(CCN3CCCCC3)c2)CC1. The highest BCUT2D eigenvalue weighted by Crippen LogP contribution is 2.17. The summed E-state index contributed by atoms with van der Waals surface area (Å²) in [6, 6.07) is 9.24. The van der Waals surface area contributed by atoms with E-state index in [2.05, 4.69) is 34.1 Å². The van der Waals surface area contributed by atoms with Gasteiger partial charge in [0.05, 0.1) is 6.10 Å². The van der Waals surface area contributed by atoms with Crippen molar-refractivity contribution in [3.8, 4) is 0 Å². The van der Waals surface area contributed by atoms with Crippen molar-refractivity contribution in [1.29, 1.82) is 0 Å². The maximum Gasteiger partial charge on any atom is 0.0595 e. The minimum atomic E-state index is 0.474. The van der Waals surface area contributed by atoms with Crippen LogP contribution in [-0.2, 0) is 17.7 Å². The highest BCUT2D eigenvalue weighted by Gasteiger charge is 2.18. The Labute approximate surface area is 141 Å². The Morgan fingerprint density at radius 3 is 2.43 bits per heavy atom. The summed E-state index contributed by atoms with van der Waals surface area (Å²) in [6.45, 7) is 7.24. The Kier molecular flexibility index (Phi) is 6.49. The van der Waals surface area contributed by atoms with Crippen LogP contribution in [0, 0.1) is 0 Å². The molecule has 0 saturated carbocycles. The second-order valence-corrected chi connectivity index (χ2v) is 7.18. The maximum atomic E-state index is 5.47. The normalized spacial score (nSPS) is 21.6. The number of nitrogens with zero attached hydrogens (tertiary/aromatic N) is 2. The number of methoxy groups -OCH3 is 1. The van der Waals surface area contributed by atoms with Crippen LogP contribution in [0.2, 0.25) is 0 Å². The molecular formula is C20H32N2O. The Morgan fingerprint density at radius 1 is 0.957 bits per heavy atom. The topological polar surface area (TPSA) is 15.7 Å². The third kappa shape index (κ3) is 5.30. The summed E-state index contributed by atoms with van der Waals surface area (Å²) in [4.78, 5) is 5.20. The molecule has 3 nitrogen and oxygen atoms in total. The number of rotatable bonds is 6. The van der Waals surface area contributed by atoms with E-state index in [1.54, 1.807) is 0 Å². The molecule has 0 amide bonds. The average molecular weight is 316 g/mol. The first-order chi connectivity index (χ1) is 11.3. The first-order valence-electron chi connectivity index (χ1n) is 9.39.